The van der Waals surface area contributed by atoms with Gasteiger partial charge in [-0.2, -0.15) is 0 Å². The zero-order chi connectivity index (χ0) is 15.1. The van der Waals surface area contributed by atoms with Gasteiger partial charge in [0.15, 0.2) is 0 Å². The molecule has 0 bridgehead atoms. The molecule has 4 rings (SSSR count). The molecule has 0 spiro atoms. The monoisotopic (exact) mass is 300 g/mol. The van der Waals surface area contributed by atoms with Gasteiger partial charge in [-0.15, -0.1) is 0 Å². The molecule has 0 saturated carbocycles. The van der Waals surface area contributed by atoms with Crippen LogP contribution in [-0.2, 0) is 17.8 Å². The van der Waals surface area contributed by atoms with E-state index in [1.54, 1.807) is 12.1 Å². The van der Waals surface area contributed by atoms with Gasteiger partial charge < -0.3 is 15.0 Å². The molecule has 3 heterocycles. The number of nitrogens with two attached hydrogens (primary N) is 1. The molecule has 0 aliphatic carbocycles. The summed E-state index contributed by atoms with van der Waals surface area (Å²) in [7, 11) is 0. The van der Waals surface area contributed by atoms with E-state index >= 15 is 0 Å². The third-order valence-electron chi connectivity index (χ3n) is 4.60. The summed E-state index contributed by atoms with van der Waals surface area (Å²) in [6.45, 7) is 4.65. The molecule has 0 unspecified atom stereocenters. The van der Waals surface area contributed by atoms with Gasteiger partial charge in [0.1, 0.15) is 5.82 Å². The molecule has 1 atom stereocenters. The molecule has 2 aliphatic rings. The first-order valence-electron chi connectivity index (χ1n) is 7.83. The topological polar surface area (TPSA) is 73.4 Å². The van der Waals surface area contributed by atoms with Crippen LogP contribution >= 0.6 is 0 Å². The van der Waals surface area contributed by atoms with Crippen LogP contribution in [0, 0.1) is 0 Å². The second-order valence-corrected chi connectivity index (χ2v) is 6.12. The number of carbonyl (C=O) groups is 1. The van der Waals surface area contributed by atoms with Crippen LogP contribution in [-0.4, -0.2) is 46.2 Å². The van der Waals surface area contributed by atoms with Crippen molar-refractivity contribution in [3.8, 4) is 0 Å². The quantitative estimate of drug-likeness (QED) is 0.922. The predicted octanol–water partition coefficient (Wildman–Crippen LogP) is 1.13. The predicted molar refractivity (Wildman–Crippen MR) is 82.5 cm³/mol. The van der Waals surface area contributed by atoms with Crippen molar-refractivity contribution in [1.29, 1.82) is 0 Å². The number of fused-ring (bicyclic) bond motifs is 3. The van der Waals surface area contributed by atoms with Crippen LogP contribution in [0.3, 0.4) is 0 Å². The summed E-state index contributed by atoms with van der Waals surface area (Å²) in [4.78, 5) is 18.4. The molecule has 2 aliphatic heterocycles. The van der Waals surface area contributed by atoms with Crippen molar-refractivity contribution < 1.29 is 9.53 Å². The van der Waals surface area contributed by atoms with Gasteiger partial charge in [0.2, 0.25) is 5.91 Å². The van der Waals surface area contributed by atoms with E-state index in [0.717, 1.165) is 56.1 Å². The first kappa shape index (κ1) is 13.7. The Bertz CT molecular complexity index is 718. The second kappa shape index (κ2) is 5.37. The Balaban J connectivity index is 1.58. The lowest BCUT2D eigenvalue weighted by Gasteiger charge is -2.29. The molecular weight excluding hydrogens is 280 g/mol. The molecule has 1 amide bonds. The van der Waals surface area contributed by atoms with E-state index in [1.165, 1.54) is 6.42 Å². The number of nitrogens with zero attached hydrogens (tertiary/aromatic N) is 3. The van der Waals surface area contributed by atoms with Crippen LogP contribution in [0.25, 0.3) is 11.0 Å². The lowest BCUT2D eigenvalue weighted by molar-refractivity contribution is 0.0636. The number of imidazole rings is 1. The third kappa shape index (κ3) is 2.38. The number of rotatable bonds is 3. The van der Waals surface area contributed by atoms with Crippen LogP contribution in [0.1, 0.15) is 29.0 Å². The molecule has 1 aromatic heterocycles. The molecule has 6 nitrogen and oxygen atoms in total. The van der Waals surface area contributed by atoms with Gasteiger partial charge in [0, 0.05) is 31.8 Å². The van der Waals surface area contributed by atoms with Gasteiger partial charge in [-0.05, 0) is 31.0 Å². The molecule has 0 radical (unpaired) electrons. The molecular formula is C16H20N4O2. The number of hydrogen-bond acceptors (Lipinski definition) is 4. The zero-order valence-electron chi connectivity index (χ0n) is 12.5. The van der Waals surface area contributed by atoms with Crippen LogP contribution in [0.4, 0.5) is 0 Å². The highest BCUT2D eigenvalue weighted by Crippen LogP contribution is 2.23. The Kier molecular flexibility index (Phi) is 3.35. The summed E-state index contributed by atoms with van der Waals surface area (Å²) in [6.07, 6.45) is 2.71. The van der Waals surface area contributed by atoms with Gasteiger partial charge >= 0.3 is 0 Å². The number of aromatic nitrogens is 2. The van der Waals surface area contributed by atoms with Crippen molar-refractivity contribution >= 4 is 16.9 Å². The molecule has 2 aromatic rings. The van der Waals surface area contributed by atoms with Gasteiger partial charge in [0.05, 0.1) is 23.7 Å². The fourth-order valence-corrected chi connectivity index (χ4v) is 3.46. The first-order valence-corrected chi connectivity index (χ1v) is 7.83. The average molecular weight is 300 g/mol. The van der Waals surface area contributed by atoms with Crippen molar-refractivity contribution in [2.45, 2.75) is 32.0 Å². The van der Waals surface area contributed by atoms with E-state index in [4.69, 9.17) is 15.5 Å². The summed E-state index contributed by atoms with van der Waals surface area (Å²) in [5.74, 6) is 0.647. The normalized spacial score (nSPS) is 22.1. The molecule has 1 saturated heterocycles. The van der Waals surface area contributed by atoms with Gasteiger partial charge in [-0.25, -0.2) is 4.98 Å². The highest BCUT2D eigenvalue weighted by atomic mass is 16.5. The Hall–Kier alpha value is -1.92. The standard InChI is InChI=1S/C16H20N4O2/c17-16(21)11-3-4-14-13(8-11)18-15-10-19(5-6-20(14)15)9-12-2-1-7-22-12/h3-4,8,12H,1-2,5-7,9-10H2,(H2,17,21)/t12-/m0/s1. The Morgan fingerprint density at radius 1 is 1.41 bits per heavy atom. The van der Waals surface area contributed by atoms with Crippen LogP contribution in [0.15, 0.2) is 18.2 Å². The molecule has 22 heavy (non-hydrogen) atoms. The van der Waals surface area contributed by atoms with E-state index < -0.39 is 5.91 Å². The second-order valence-electron chi connectivity index (χ2n) is 6.12. The lowest BCUT2D eigenvalue weighted by atomic mass is 10.2. The van der Waals surface area contributed by atoms with E-state index in [2.05, 4.69) is 9.47 Å². The van der Waals surface area contributed by atoms with E-state index in [-0.39, 0.29) is 0 Å². The fourth-order valence-electron chi connectivity index (χ4n) is 3.46. The Labute approximate surface area is 128 Å². The van der Waals surface area contributed by atoms with Gasteiger partial charge in [0.25, 0.3) is 0 Å². The minimum absolute atomic E-state index is 0.373. The van der Waals surface area contributed by atoms with Gasteiger partial charge in [-0.1, -0.05) is 0 Å². The summed E-state index contributed by atoms with van der Waals surface area (Å²) in [6, 6.07) is 5.51. The van der Waals surface area contributed by atoms with E-state index in [1.807, 2.05) is 6.07 Å². The maximum atomic E-state index is 11.3. The summed E-state index contributed by atoms with van der Waals surface area (Å²) in [5, 5.41) is 0. The maximum absolute atomic E-state index is 11.3. The number of primary amides is 1. The molecule has 2 N–H and O–H groups in total. The summed E-state index contributed by atoms with van der Waals surface area (Å²) < 4.78 is 7.97. The van der Waals surface area contributed by atoms with Crippen molar-refractivity contribution in [3.63, 3.8) is 0 Å². The van der Waals surface area contributed by atoms with Crippen LogP contribution < -0.4 is 5.73 Å². The van der Waals surface area contributed by atoms with Crippen molar-refractivity contribution in [1.82, 2.24) is 14.5 Å². The Morgan fingerprint density at radius 2 is 2.32 bits per heavy atom. The summed E-state index contributed by atoms with van der Waals surface area (Å²) in [5.41, 5.74) is 7.79. The van der Waals surface area contributed by atoms with Crippen molar-refractivity contribution in [3.05, 3.63) is 29.6 Å². The molecule has 1 aromatic carbocycles. The van der Waals surface area contributed by atoms with E-state index in [9.17, 15) is 4.79 Å². The first-order chi connectivity index (χ1) is 10.7. The minimum Gasteiger partial charge on any atom is -0.377 e. The van der Waals surface area contributed by atoms with E-state index in [0.29, 0.717) is 11.7 Å². The SMILES string of the molecule is NC(=O)c1ccc2c(c1)nc1n2CCN(C[C@@H]2CCCO2)C1. The number of benzene rings is 1. The van der Waals surface area contributed by atoms with Crippen LogP contribution in [0.5, 0.6) is 0 Å². The van der Waals surface area contributed by atoms with Crippen LogP contribution in [0.2, 0.25) is 0 Å². The average Bonchev–Trinajstić information content (AvgIpc) is 3.13. The number of hydrogen-bond donors (Lipinski definition) is 1. The number of carbonyl (C=O) groups excluding carboxylic acids is 1. The smallest absolute Gasteiger partial charge is 0.248 e. The van der Waals surface area contributed by atoms with Crippen molar-refractivity contribution in [2.24, 2.45) is 5.73 Å². The molecule has 116 valence electrons. The highest BCUT2D eigenvalue weighted by Gasteiger charge is 2.24. The number of amides is 1. The van der Waals surface area contributed by atoms with Gasteiger partial charge in [-0.3, -0.25) is 9.69 Å². The van der Waals surface area contributed by atoms with Crippen molar-refractivity contribution in [2.75, 3.05) is 19.7 Å². The molecule has 6 heteroatoms. The lowest BCUT2D eigenvalue weighted by Crippen LogP contribution is -2.38. The third-order valence-corrected chi connectivity index (χ3v) is 4.60. The number of ether oxygens (including phenoxy) is 1. The minimum atomic E-state index is -0.409. The maximum Gasteiger partial charge on any atom is 0.248 e. The molecule has 1 fully saturated rings. The largest absolute Gasteiger partial charge is 0.377 e. The Morgan fingerprint density at radius 3 is 3.09 bits per heavy atom. The summed E-state index contributed by atoms with van der Waals surface area (Å²) >= 11 is 0. The fraction of sp³-hybridized carbons (Fsp3) is 0.500. The highest BCUT2D eigenvalue weighted by molar-refractivity contribution is 5.96. The zero-order valence-corrected chi connectivity index (χ0v) is 12.5.